The zero-order valence-corrected chi connectivity index (χ0v) is 25.2. The second-order valence-electron chi connectivity index (χ2n) is 11.7. The van der Waals surface area contributed by atoms with Crippen molar-refractivity contribution in [2.75, 3.05) is 25.0 Å². The lowest BCUT2D eigenvalue weighted by Crippen LogP contribution is -2.45. The number of carbonyl (C=O) groups excluding carboxylic acids is 1. The Morgan fingerprint density at radius 3 is 2.60 bits per heavy atom. The number of likely N-dealkylation sites (tertiary alicyclic amines) is 1. The van der Waals surface area contributed by atoms with E-state index in [1.165, 1.54) is 4.57 Å². The molecular weight excluding hydrogens is 581 g/mol. The molecule has 5 rings (SSSR count). The second-order valence-corrected chi connectivity index (χ2v) is 11.7. The molecule has 4 aromatic rings. The average molecular weight is 617 g/mol. The van der Waals surface area contributed by atoms with E-state index in [2.05, 4.69) is 38.5 Å². The number of nitriles is 1. The molecule has 2 N–H and O–H groups in total. The summed E-state index contributed by atoms with van der Waals surface area (Å²) in [5, 5.41) is 16.6. The number of hydrogen-bond donors (Lipinski definition) is 2. The third-order valence-electron chi connectivity index (χ3n) is 7.90. The number of anilines is 1. The van der Waals surface area contributed by atoms with Gasteiger partial charge in [0.1, 0.15) is 13.1 Å². The molecule has 45 heavy (non-hydrogen) atoms. The number of aromatic nitrogens is 4. The fourth-order valence-corrected chi connectivity index (χ4v) is 5.32. The molecule has 0 atom stereocenters. The number of carbonyl (C=O) groups is 1. The Kier molecular flexibility index (Phi) is 9.45. The largest absolute Gasteiger partial charge is 0.406 e. The van der Waals surface area contributed by atoms with E-state index in [0.717, 1.165) is 18.4 Å². The molecule has 9 nitrogen and oxygen atoms in total. The van der Waals surface area contributed by atoms with Gasteiger partial charge in [-0.15, -0.1) is 0 Å². The molecule has 0 bridgehead atoms. The van der Waals surface area contributed by atoms with E-state index in [1.807, 2.05) is 17.0 Å². The summed E-state index contributed by atoms with van der Waals surface area (Å²) in [4.78, 5) is 22.7. The predicted molar refractivity (Wildman–Crippen MR) is 165 cm³/mol. The maximum Gasteiger partial charge on any atom is 0.406 e. The van der Waals surface area contributed by atoms with Crippen LogP contribution in [-0.4, -0.2) is 61.8 Å². The maximum absolute atomic E-state index is 13.5. The Morgan fingerprint density at radius 1 is 1.13 bits per heavy atom. The molecule has 1 saturated heterocycles. The predicted octanol–water partition coefficient (Wildman–Crippen LogP) is 4.84. The van der Waals surface area contributed by atoms with Crippen molar-refractivity contribution in [2.24, 2.45) is 0 Å². The van der Waals surface area contributed by atoms with Crippen molar-refractivity contribution in [3.8, 4) is 17.9 Å². The summed E-state index contributed by atoms with van der Waals surface area (Å²) in [6, 6.07) is 13.2. The first kappa shape index (κ1) is 31.6. The van der Waals surface area contributed by atoms with Crippen LogP contribution in [0.4, 0.5) is 18.9 Å². The number of rotatable bonds is 9. The molecule has 1 amide bonds. The van der Waals surface area contributed by atoms with Gasteiger partial charge in [0.05, 0.1) is 47.6 Å². The van der Waals surface area contributed by atoms with E-state index in [1.54, 1.807) is 67.6 Å². The molecule has 0 spiro atoms. The molecule has 0 radical (unpaired) electrons. The van der Waals surface area contributed by atoms with E-state index < -0.39 is 18.1 Å². The highest BCUT2D eigenvalue weighted by Crippen LogP contribution is 2.27. The van der Waals surface area contributed by atoms with Crippen molar-refractivity contribution >= 4 is 22.5 Å². The SMILES string of the molecule is CC(C)(C#N)c1ccc(NCC#Cc2cc3cc(CNC4CCN(C(=O)Cn5ccnc5)CC4)ccc3n2CC(F)(F)F)cn1. The van der Waals surface area contributed by atoms with Crippen LogP contribution in [0.25, 0.3) is 10.9 Å². The van der Waals surface area contributed by atoms with Crippen LogP contribution in [0.15, 0.2) is 61.3 Å². The number of fused-ring (bicyclic) bond motifs is 1. The van der Waals surface area contributed by atoms with E-state index in [9.17, 15) is 23.2 Å². The van der Waals surface area contributed by atoms with Gasteiger partial charge in [-0.05, 0) is 68.5 Å². The standard InChI is InChI=1S/C33H35F3N8O/c1-32(2,21-37)30-8-6-27(19-41-30)39-11-3-4-28-17-25-16-24(5-7-29(25)44(28)22-33(34,35)36)18-40-26-9-13-43(14-10-26)31(45)20-42-15-12-38-23-42/h5-8,12,15-17,19,23,26,39-40H,9-11,13-14,18,20,22H2,1-2H3. The number of pyridine rings is 1. The van der Waals surface area contributed by atoms with Crippen molar-refractivity contribution in [1.29, 1.82) is 5.26 Å². The summed E-state index contributed by atoms with van der Waals surface area (Å²) < 4.78 is 43.5. The van der Waals surface area contributed by atoms with Crippen molar-refractivity contribution < 1.29 is 18.0 Å². The zero-order valence-electron chi connectivity index (χ0n) is 25.2. The topological polar surface area (TPSA) is 104 Å². The van der Waals surface area contributed by atoms with Gasteiger partial charge in [-0.3, -0.25) is 9.78 Å². The number of piperidine rings is 1. The number of amides is 1. The van der Waals surface area contributed by atoms with Crippen LogP contribution in [0.1, 0.15) is 43.6 Å². The van der Waals surface area contributed by atoms with Gasteiger partial charge in [-0.25, -0.2) is 4.98 Å². The molecular formula is C33H35F3N8O. The molecule has 1 aromatic carbocycles. The zero-order chi connectivity index (χ0) is 32.0. The van der Waals surface area contributed by atoms with Crippen molar-refractivity contribution in [1.82, 2.24) is 29.3 Å². The first-order chi connectivity index (χ1) is 21.5. The van der Waals surface area contributed by atoms with Crippen LogP contribution in [0.3, 0.4) is 0 Å². The minimum Gasteiger partial charge on any atom is -0.373 e. The van der Waals surface area contributed by atoms with E-state index in [-0.39, 0.29) is 30.7 Å². The van der Waals surface area contributed by atoms with Gasteiger partial charge in [-0.1, -0.05) is 12.0 Å². The van der Waals surface area contributed by atoms with Crippen LogP contribution < -0.4 is 10.6 Å². The van der Waals surface area contributed by atoms with Gasteiger partial charge in [-0.2, -0.15) is 18.4 Å². The number of halogens is 3. The van der Waals surface area contributed by atoms with Crippen LogP contribution >= 0.6 is 0 Å². The minimum absolute atomic E-state index is 0.0711. The van der Waals surface area contributed by atoms with Crippen LogP contribution in [-0.2, 0) is 29.8 Å². The van der Waals surface area contributed by atoms with Gasteiger partial charge < -0.3 is 24.7 Å². The lowest BCUT2D eigenvalue weighted by atomic mass is 9.91. The highest BCUT2D eigenvalue weighted by Gasteiger charge is 2.30. The first-order valence-corrected chi connectivity index (χ1v) is 14.8. The molecule has 1 aliphatic heterocycles. The van der Waals surface area contributed by atoms with Gasteiger partial charge in [0.15, 0.2) is 0 Å². The van der Waals surface area contributed by atoms with Crippen molar-refractivity contribution in [2.45, 2.75) is 64.0 Å². The number of nitrogens with one attached hydrogen (secondary N) is 2. The Hall–Kier alpha value is -4.81. The van der Waals surface area contributed by atoms with Gasteiger partial charge in [0, 0.05) is 49.0 Å². The molecule has 1 aliphatic rings. The molecule has 1 fully saturated rings. The molecule has 0 saturated carbocycles. The molecule has 0 aliphatic carbocycles. The lowest BCUT2D eigenvalue weighted by Gasteiger charge is -2.32. The number of benzene rings is 1. The van der Waals surface area contributed by atoms with Crippen molar-refractivity contribution in [3.63, 3.8) is 0 Å². The van der Waals surface area contributed by atoms with E-state index >= 15 is 0 Å². The fourth-order valence-electron chi connectivity index (χ4n) is 5.32. The fraction of sp³-hybridized carbons (Fsp3) is 0.394. The third-order valence-corrected chi connectivity index (χ3v) is 7.90. The first-order valence-electron chi connectivity index (χ1n) is 14.8. The minimum atomic E-state index is -4.40. The number of hydrogen-bond acceptors (Lipinski definition) is 6. The molecule has 4 heterocycles. The Morgan fingerprint density at radius 2 is 1.93 bits per heavy atom. The summed E-state index contributed by atoms with van der Waals surface area (Å²) >= 11 is 0. The highest BCUT2D eigenvalue weighted by molar-refractivity contribution is 5.83. The van der Waals surface area contributed by atoms with Gasteiger partial charge in [0.25, 0.3) is 0 Å². The maximum atomic E-state index is 13.5. The monoisotopic (exact) mass is 616 g/mol. The Bertz CT molecular complexity index is 1720. The average Bonchev–Trinajstić information content (AvgIpc) is 3.65. The summed E-state index contributed by atoms with van der Waals surface area (Å²) in [6.07, 6.45) is 3.91. The Balaban J connectivity index is 1.20. The highest BCUT2D eigenvalue weighted by atomic mass is 19.4. The van der Waals surface area contributed by atoms with E-state index in [4.69, 9.17) is 0 Å². The Labute approximate surface area is 260 Å². The van der Waals surface area contributed by atoms with Crippen LogP contribution in [0.2, 0.25) is 0 Å². The number of nitrogens with zero attached hydrogens (tertiary/aromatic N) is 6. The summed E-state index contributed by atoms with van der Waals surface area (Å²) in [5.74, 6) is 5.90. The second kappa shape index (κ2) is 13.4. The van der Waals surface area contributed by atoms with Crippen LogP contribution in [0.5, 0.6) is 0 Å². The summed E-state index contributed by atoms with van der Waals surface area (Å²) in [6.45, 7) is 4.83. The van der Waals surface area contributed by atoms with Crippen molar-refractivity contribution in [3.05, 3.63) is 78.3 Å². The number of alkyl halides is 3. The summed E-state index contributed by atoms with van der Waals surface area (Å²) in [5.41, 5.74) is 2.35. The normalized spacial score (nSPS) is 14.2. The summed E-state index contributed by atoms with van der Waals surface area (Å²) in [7, 11) is 0. The number of imidazole rings is 1. The lowest BCUT2D eigenvalue weighted by molar-refractivity contribution is -0.140. The molecule has 3 aromatic heterocycles. The van der Waals surface area contributed by atoms with E-state index in [0.29, 0.717) is 41.9 Å². The van der Waals surface area contributed by atoms with Gasteiger partial charge >= 0.3 is 6.18 Å². The molecule has 0 unspecified atom stereocenters. The smallest absolute Gasteiger partial charge is 0.373 e. The van der Waals surface area contributed by atoms with Crippen LogP contribution in [0, 0.1) is 23.2 Å². The third kappa shape index (κ3) is 8.22. The van der Waals surface area contributed by atoms with Gasteiger partial charge in [0.2, 0.25) is 5.91 Å². The molecule has 234 valence electrons. The molecule has 12 heteroatoms. The quantitative estimate of drug-likeness (QED) is 0.261.